The van der Waals surface area contributed by atoms with Gasteiger partial charge in [0, 0.05) is 4.90 Å². The Hall–Kier alpha value is -1.72. The number of hydrogen-bond donors (Lipinski definition) is 0. The van der Waals surface area contributed by atoms with Crippen molar-refractivity contribution in [1.29, 1.82) is 5.26 Å². The van der Waals surface area contributed by atoms with Gasteiger partial charge in [0.2, 0.25) is 0 Å². The molecule has 0 aliphatic carbocycles. The lowest BCUT2D eigenvalue weighted by atomic mass is 10.0. The first kappa shape index (κ1) is 11.8. The van der Waals surface area contributed by atoms with Gasteiger partial charge in [-0.05, 0) is 36.4 Å². The summed E-state index contributed by atoms with van der Waals surface area (Å²) in [5.74, 6) is 0. The lowest BCUT2D eigenvalue weighted by molar-refractivity contribution is 1.37. The topological polar surface area (TPSA) is 23.8 Å². The fourth-order valence-corrected chi connectivity index (χ4v) is 2.25. The lowest BCUT2D eigenvalue weighted by Gasteiger charge is -2.05. The first-order valence-electron chi connectivity index (χ1n) is 5.40. The molecule has 0 aromatic heterocycles. The van der Waals surface area contributed by atoms with Crippen LogP contribution in [-0.4, -0.2) is 6.26 Å². The Morgan fingerprint density at radius 3 is 2.24 bits per heavy atom. The smallest absolute Gasteiger partial charge is 0.100 e. The van der Waals surface area contributed by atoms with Gasteiger partial charge in [-0.1, -0.05) is 35.9 Å². The molecule has 2 heteroatoms. The van der Waals surface area contributed by atoms with E-state index in [0.717, 1.165) is 21.6 Å². The number of hydrogen-bond acceptors (Lipinski definition) is 2. The van der Waals surface area contributed by atoms with Gasteiger partial charge in [0.05, 0.1) is 5.56 Å². The van der Waals surface area contributed by atoms with Crippen LogP contribution >= 0.6 is 11.8 Å². The van der Waals surface area contributed by atoms with E-state index in [9.17, 15) is 0 Å². The highest BCUT2D eigenvalue weighted by Gasteiger charge is 2.04. The van der Waals surface area contributed by atoms with E-state index in [0.29, 0.717) is 0 Å². The van der Waals surface area contributed by atoms with E-state index < -0.39 is 0 Å². The van der Waals surface area contributed by atoms with Crippen LogP contribution in [0.4, 0.5) is 0 Å². The summed E-state index contributed by atoms with van der Waals surface area (Å²) >= 11 is 1.60. The molecule has 1 nitrogen and oxygen atoms in total. The second-order valence-corrected chi connectivity index (χ2v) is 4.74. The molecule has 2 rings (SSSR count). The van der Waals surface area contributed by atoms with E-state index in [1.807, 2.05) is 18.4 Å². The van der Waals surface area contributed by atoms with Crippen molar-refractivity contribution in [3.8, 4) is 17.2 Å². The van der Waals surface area contributed by atoms with Gasteiger partial charge in [-0.2, -0.15) is 5.26 Å². The van der Waals surface area contributed by atoms with Crippen LogP contribution in [0, 0.1) is 18.3 Å². The molecule has 0 heterocycles. The molecular weight excluding hydrogens is 226 g/mol. The minimum absolute atomic E-state index is 0.746. The molecule has 0 aliphatic rings. The lowest BCUT2D eigenvalue weighted by Crippen LogP contribution is -1.84. The van der Waals surface area contributed by atoms with Crippen LogP contribution in [0.3, 0.4) is 0 Å². The van der Waals surface area contributed by atoms with Crippen LogP contribution in [0.1, 0.15) is 11.1 Å². The van der Waals surface area contributed by atoms with Crippen molar-refractivity contribution in [2.75, 3.05) is 6.26 Å². The summed E-state index contributed by atoms with van der Waals surface area (Å²) in [6.07, 6.45) is 1.99. The van der Waals surface area contributed by atoms with E-state index in [1.165, 1.54) is 5.56 Å². The highest BCUT2D eigenvalue weighted by atomic mass is 32.2. The zero-order valence-corrected chi connectivity index (χ0v) is 10.7. The zero-order valence-electron chi connectivity index (χ0n) is 9.90. The van der Waals surface area contributed by atoms with Crippen molar-refractivity contribution in [2.45, 2.75) is 11.8 Å². The summed E-state index contributed by atoms with van der Waals surface area (Å²) in [5.41, 5.74) is 4.24. The predicted octanol–water partition coefficient (Wildman–Crippen LogP) is 4.26. The second-order valence-electron chi connectivity index (χ2n) is 3.89. The van der Waals surface area contributed by atoms with Crippen LogP contribution in [0.25, 0.3) is 11.1 Å². The van der Waals surface area contributed by atoms with Gasteiger partial charge in [0.15, 0.2) is 0 Å². The van der Waals surface area contributed by atoms with Gasteiger partial charge < -0.3 is 0 Å². The number of benzene rings is 2. The Kier molecular flexibility index (Phi) is 3.51. The first-order valence-corrected chi connectivity index (χ1v) is 6.62. The maximum absolute atomic E-state index is 9.10. The normalized spacial score (nSPS) is 9.94. The Morgan fingerprint density at radius 1 is 1.00 bits per heavy atom. The van der Waals surface area contributed by atoms with Gasteiger partial charge in [-0.25, -0.2) is 0 Å². The van der Waals surface area contributed by atoms with Gasteiger partial charge >= 0.3 is 0 Å². The highest BCUT2D eigenvalue weighted by Crippen LogP contribution is 2.26. The SMILES string of the molecule is CSc1ccc(-c2ccc(C)cc2)cc1C#N. The molecular formula is C15H13NS. The molecule has 0 N–H and O–H groups in total. The Bertz CT molecular complexity index is 564. The van der Waals surface area contributed by atoms with E-state index in [4.69, 9.17) is 5.26 Å². The quantitative estimate of drug-likeness (QED) is 0.731. The summed E-state index contributed by atoms with van der Waals surface area (Å²) < 4.78 is 0. The standard InChI is InChI=1S/C15H13NS/c1-11-3-5-12(6-4-11)13-7-8-15(17-2)14(9-13)10-16/h3-9H,1-2H3. The van der Waals surface area contributed by atoms with Crippen molar-refractivity contribution < 1.29 is 0 Å². The molecule has 2 aromatic rings. The van der Waals surface area contributed by atoms with Gasteiger partial charge in [-0.15, -0.1) is 11.8 Å². The fraction of sp³-hybridized carbons (Fsp3) is 0.133. The summed E-state index contributed by atoms with van der Waals surface area (Å²) in [7, 11) is 0. The molecule has 0 atom stereocenters. The minimum atomic E-state index is 0.746. The third-order valence-electron chi connectivity index (χ3n) is 2.70. The number of nitriles is 1. The molecule has 0 saturated carbocycles. The predicted molar refractivity (Wildman–Crippen MR) is 73.1 cm³/mol. The third kappa shape index (κ3) is 2.51. The van der Waals surface area contributed by atoms with Crippen LogP contribution < -0.4 is 0 Å². The van der Waals surface area contributed by atoms with Crippen LogP contribution in [0.15, 0.2) is 47.4 Å². The van der Waals surface area contributed by atoms with Crippen molar-refractivity contribution >= 4 is 11.8 Å². The van der Waals surface area contributed by atoms with Crippen molar-refractivity contribution in [2.24, 2.45) is 0 Å². The van der Waals surface area contributed by atoms with E-state index in [2.05, 4.69) is 43.3 Å². The van der Waals surface area contributed by atoms with E-state index in [-0.39, 0.29) is 0 Å². The molecule has 2 aromatic carbocycles. The van der Waals surface area contributed by atoms with Crippen molar-refractivity contribution in [3.05, 3.63) is 53.6 Å². The van der Waals surface area contributed by atoms with Gasteiger partial charge in [-0.3, -0.25) is 0 Å². The molecule has 0 aliphatic heterocycles. The Labute approximate surface area is 106 Å². The van der Waals surface area contributed by atoms with Crippen molar-refractivity contribution in [3.63, 3.8) is 0 Å². The largest absolute Gasteiger partial charge is 0.192 e. The number of thioether (sulfide) groups is 1. The number of rotatable bonds is 2. The fourth-order valence-electron chi connectivity index (χ4n) is 1.72. The summed E-state index contributed by atoms with van der Waals surface area (Å²) in [6, 6.07) is 16.6. The molecule has 0 amide bonds. The summed E-state index contributed by atoms with van der Waals surface area (Å²) in [6.45, 7) is 2.07. The number of nitrogens with zero attached hydrogens (tertiary/aromatic N) is 1. The van der Waals surface area contributed by atoms with Crippen LogP contribution in [0.2, 0.25) is 0 Å². The zero-order chi connectivity index (χ0) is 12.3. The molecule has 0 unspecified atom stereocenters. The third-order valence-corrected chi connectivity index (χ3v) is 3.50. The monoisotopic (exact) mass is 239 g/mol. The molecule has 0 radical (unpaired) electrons. The first-order chi connectivity index (χ1) is 8.24. The van der Waals surface area contributed by atoms with Crippen LogP contribution in [0.5, 0.6) is 0 Å². The molecule has 0 fully saturated rings. The van der Waals surface area contributed by atoms with E-state index in [1.54, 1.807) is 11.8 Å². The van der Waals surface area contributed by atoms with E-state index >= 15 is 0 Å². The minimum Gasteiger partial charge on any atom is -0.192 e. The molecule has 0 bridgehead atoms. The van der Waals surface area contributed by atoms with Gasteiger partial charge in [0.1, 0.15) is 6.07 Å². The van der Waals surface area contributed by atoms with Crippen molar-refractivity contribution in [1.82, 2.24) is 0 Å². The highest BCUT2D eigenvalue weighted by molar-refractivity contribution is 7.98. The maximum atomic E-state index is 9.10. The summed E-state index contributed by atoms with van der Waals surface area (Å²) in [4.78, 5) is 1.03. The molecule has 0 saturated heterocycles. The molecule has 84 valence electrons. The maximum Gasteiger partial charge on any atom is 0.100 e. The summed E-state index contributed by atoms with van der Waals surface area (Å²) in [5, 5.41) is 9.10. The molecule has 17 heavy (non-hydrogen) atoms. The Morgan fingerprint density at radius 2 is 1.65 bits per heavy atom. The van der Waals surface area contributed by atoms with Gasteiger partial charge in [0.25, 0.3) is 0 Å². The average Bonchev–Trinajstić information content (AvgIpc) is 2.39. The average molecular weight is 239 g/mol. The Balaban J connectivity index is 2.47. The van der Waals surface area contributed by atoms with Crippen LogP contribution in [-0.2, 0) is 0 Å². The number of aryl methyl sites for hydroxylation is 1. The molecule has 0 spiro atoms. The second kappa shape index (κ2) is 5.07.